The zero-order valence-electron chi connectivity index (χ0n) is 63.7. The van der Waals surface area contributed by atoms with Crippen LogP contribution in [0.5, 0.6) is 0 Å². The van der Waals surface area contributed by atoms with E-state index < -0.39 is 91.5 Å². The third-order valence-electron chi connectivity index (χ3n) is 15.6. The van der Waals surface area contributed by atoms with E-state index in [1.54, 1.807) is 0 Å². The quantitative estimate of drug-likeness (QED) is 0.0146. The van der Waals surface area contributed by atoms with Crippen LogP contribution in [0.15, 0.2) is 182 Å². The molecule has 5 atom stereocenters. The highest BCUT2D eigenvalue weighted by atomic mass is 31.2. The Labute approximate surface area is 624 Å². The minimum atomic E-state index is -4.96. The molecule has 0 aromatic carbocycles. The second-order valence-electron chi connectivity index (χ2n) is 25.4. The Balaban J connectivity index is 4.67. The van der Waals surface area contributed by atoms with E-state index in [0.717, 1.165) is 173 Å². The molecule has 0 aliphatic carbocycles. The maximum atomic E-state index is 13.0. The van der Waals surface area contributed by atoms with Crippen molar-refractivity contribution in [3.05, 3.63) is 182 Å². The van der Waals surface area contributed by atoms with Gasteiger partial charge in [0.15, 0.2) is 6.10 Å². The number of phosphoric ester groups is 2. The molecule has 0 bridgehead atoms. The number of ether oxygens (including phenoxy) is 3. The number of carbonyl (C=O) groups excluding carboxylic acids is 3. The van der Waals surface area contributed by atoms with Crippen molar-refractivity contribution in [2.75, 3.05) is 39.6 Å². The number of hydrogen-bond donors (Lipinski definition) is 4. The van der Waals surface area contributed by atoms with Gasteiger partial charge in [-0.15, -0.1) is 0 Å². The number of hydrogen-bond acceptors (Lipinski definition) is 14. The molecule has 0 heterocycles. The second kappa shape index (κ2) is 76.3. The van der Waals surface area contributed by atoms with Gasteiger partial charge in [0.2, 0.25) is 0 Å². The predicted molar refractivity (Wildman–Crippen MR) is 426 cm³/mol. The van der Waals surface area contributed by atoms with Crippen LogP contribution < -0.4 is 0 Å². The van der Waals surface area contributed by atoms with Crippen molar-refractivity contribution in [3.63, 3.8) is 0 Å². The Kier molecular flexibility index (Phi) is 72.3. The summed E-state index contributed by atoms with van der Waals surface area (Å²) in [5.41, 5.74) is 0. The van der Waals surface area contributed by atoms with E-state index in [0.29, 0.717) is 25.7 Å². The number of rotatable bonds is 72. The molecule has 0 aromatic heterocycles. The van der Waals surface area contributed by atoms with Crippen molar-refractivity contribution in [3.8, 4) is 0 Å². The van der Waals surface area contributed by atoms with Gasteiger partial charge in [-0.2, -0.15) is 0 Å². The van der Waals surface area contributed by atoms with Crippen LogP contribution in [0.4, 0.5) is 0 Å². The van der Waals surface area contributed by atoms with E-state index in [1.165, 1.54) is 38.5 Å². The van der Waals surface area contributed by atoms with Gasteiger partial charge in [0, 0.05) is 19.3 Å². The van der Waals surface area contributed by atoms with Crippen LogP contribution in [0, 0.1) is 0 Å². The lowest BCUT2D eigenvalue weighted by Gasteiger charge is -2.21. The number of unbranched alkanes of at least 4 members (excludes halogenated alkanes) is 19. The lowest BCUT2D eigenvalue weighted by molar-refractivity contribution is -0.161. The first-order valence-corrected chi connectivity index (χ1v) is 42.1. The SMILES string of the molecule is CC/C=C\C/C=C\C/C=C\C/C=C\C/C=C\CCCCCCCCCCCCCC(=O)OCC(O)COP(=O)(O)OCC(O)COP(=O)(O)OCC(COC(=O)CCCCCCCCC/C=C\C/C=C\C/C=C\C/C=C\C/C=C\CC)OC(=O)CCC/C=C\C/C=C\C/C=C\C/C=C\C/C=C\CC. The van der Waals surface area contributed by atoms with Gasteiger partial charge in [0.05, 0.1) is 26.4 Å². The number of carbonyl (C=O) groups is 3. The Morgan fingerprint density at radius 2 is 0.495 bits per heavy atom. The molecule has 16 nitrogen and oxygen atoms in total. The second-order valence-corrected chi connectivity index (χ2v) is 28.3. The number of phosphoric acid groups is 2. The summed E-state index contributed by atoms with van der Waals surface area (Å²) in [7, 11) is -9.83. The summed E-state index contributed by atoms with van der Waals surface area (Å²) in [6.07, 6.45) is 98.0. The predicted octanol–water partition coefficient (Wildman–Crippen LogP) is 23.0. The molecule has 4 N–H and O–H groups in total. The van der Waals surface area contributed by atoms with E-state index in [-0.39, 0.29) is 19.3 Å². The van der Waals surface area contributed by atoms with Crippen LogP contribution in [-0.4, -0.2) is 95.9 Å². The first-order chi connectivity index (χ1) is 50.2. The maximum absolute atomic E-state index is 13.0. The summed E-state index contributed by atoms with van der Waals surface area (Å²) in [6.45, 7) is 2.24. The summed E-state index contributed by atoms with van der Waals surface area (Å²) in [6, 6.07) is 0. The monoisotopic (exact) mass is 1480 g/mol. The van der Waals surface area contributed by atoms with Gasteiger partial charge in [-0.1, -0.05) is 293 Å². The lowest BCUT2D eigenvalue weighted by atomic mass is 10.0. The zero-order chi connectivity index (χ0) is 75.2. The summed E-state index contributed by atoms with van der Waals surface area (Å²) in [5, 5.41) is 20.6. The van der Waals surface area contributed by atoms with E-state index in [2.05, 4.69) is 191 Å². The molecule has 0 radical (unpaired) electrons. The highest BCUT2D eigenvalue weighted by Crippen LogP contribution is 2.45. The molecule has 0 aromatic rings. The number of aliphatic hydroxyl groups is 2. The zero-order valence-corrected chi connectivity index (χ0v) is 65.5. The van der Waals surface area contributed by atoms with Crippen molar-refractivity contribution in [1.29, 1.82) is 0 Å². The highest BCUT2D eigenvalue weighted by molar-refractivity contribution is 7.47. The standard InChI is InChI=1S/C85H138O16P2/c1-4-7-10-13-16-19-22-25-28-31-33-35-37-38-39-40-42-44-45-48-50-53-56-59-62-65-68-71-83(88)95-74-80(86)75-97-102(91,92)98-76-81(87)77-99-103(93,94)100-79-82(101-85(90)73-70-67-64-61-58-55-52-47-30-27-24-21-18-15-12-9-6-3)78-96-84(89)72-69-66-63-60-57-54-51-49-46-43-41-36-34-32-29-26-23-20-17-14-11-8-5-2/h7-12,16-21,25-30,33-36,38-39,43,46,52,55,61,64,80-82,86-87H,4-6,13-15,22-24,31-32,37,40-42,44-45,47-51,53-54,56-60,62-63,65-79H2,1-3H3,(H,91,92)(H,93,94)/b10-7-,11-8-,12-9-,19-16-,20-17-,21-18-,28-25-,29-26-,30-27-,35-33-,36-34-,39-38-,46-43-,55-52-,64-61-. The van der Waals surface area contributed by atoms with E-state index in [9.17, 15) is 43.5 Å². The van der Waals surface area contributed by atoms with Crippen molar-refractivity contribution < 1.29 is 75.8 Å². The average molecular weight is 1480 g/mol. The van der Waals surface area contributed by atoms with E-state index in [4.69, 9.17) is 32.3 Å². The van der Waals surface area contributed by atoms with Crippen molar-refractivity contribution in [2.24, 2.45) is 0 Å². The third kappa shape index (κ3) is 77.6. The van der Waals surface area contributed by atoms with Crippen LogP contribution in [0.25, 0.3) is 0 Å². The third-order valence-corrected chi connectivity index (χ3v) is 17.5. The molecule has 0 fully saturated rings. The first kappa shape index (κ1) is 97.7. The Morgan fingerprint density at radius 3 is 0.796 bits per heavy atom. The molecule has 0 saturated carbocycles. The van der Waals surface area contributed by atoms with Crippen molar-refractivity contribution in [1.82, 2.24) is 0 Å². The molecular formula is C85H138O16P2. The summed E-state index contributed by atoms with van der Waals surface area (Å²) >= 11 is 0. The van der Waals surface area contributed by atoms with Crippen LogP contribution in [-0.2, 0) is 55.8 Å². The van der Waals surface area contributed by atoms with Gasteiger partial charge >= 0.3 is 33.6 Å². The Morgan fingerprint density at radius 1 is 0.272 bits per heavy atom. The Bertz CT molecular complexity index is 2600. The molecule has 0 aliphatic rings. The topological polar surface area (TPSA) is 231 Å². The molecule has 0 saturated heterocycles. The minimum absolute atomic E-state index is 0.0168. The lowest BCUT2D eigenvalue weighted by Crippen LogP contribution is -2.30. The molecule has 0 amide bonds. The van der Waals surface area contributed by atoms with Crippen LogP contribution in [0.1, 0.15) is 278 Å². The van der Waals surface area contributed by atoms with Gasteiger partial charge in [-0.25, -0.2) is 9.13 Å². The minimum Gasteiger partial charge on any atom is -0.463 e. The number of esters is 3. The van der Waals surface area contributed by atoms with E-state index in [1.807, 2.05) is 12.2 Å². The van der Waals surface area contributed by atoms with Crippen molar-refractivity contribution in [2.45, 2.75) is 296 Å². The molecule has 0 aliphatic heterocycles. The fourth-order valence-corrected chi connectivity index (χ4v) is 11.4. The molecule has 18 heteroatoms. The van der Waals surface area contributed by atoms with Crippen LogP contribution >= 0.6 is 15.6 Å². The molecule has 0 rings (SSSR count). The summed E-state index contributed by atoms with van der Waals surface area (Å²) < 4.78 is 61.1. The fraction of sp³-hybridized carbons (Fsp3) is 0.612. The molecule has 0 spiro atoms. The van der Waals surface area contributed by atoms with Gasteiger partial charge in [0.1, 0.15) is 25.4 Å². The smallest absolute Gasteiger partial charge is 0.463 e. The maximum Gasteiger partial charge on any atom is 0.472 e. The van der Waals surface area contributed by atoms with E-state index >= 15 is 0 Å². The largest absolute Gasteiger partial charge is 0.472 e. The number of allylic oxidation sites excluding steroid dienone is 30. The average Bonchev–Trinajstić information content (AvgIpc) is 0.929. The number of aliphatic hydroxyl groups excluding tert-OH is 2. The van der Waals surface area contributed by atoms with Gasteiger partial charge in [-0.3, -0.25) is 32.5 Å². The normalized spacial score (nSPS) is 15.0. The molecule has 103 heavy (non-hydrogen) atoms. The highest BCUT2D eigenvalue weighted by Gasteiger charge is 2.29. The Hall–Kier alpha value is -5.35. The molecule has 5 unspecified atom stereocenters. The van der Waals surface area contributed by atoms with Gasteiger partial charge < -0.3 is 34.2 Å². The summed E-state index contributed by atoms with van der Waals surface area (Å²) in [4.78, 5) is 58.7. The van der Waals surface area contributed by atoms with Gasteiger partial charge in [0.25, 0.3) is 0 Å². The van der Waals surface area contributed by atoms with Gasteiger partial charge in [-0.05, 0) is 148 Å². The van der Waals surface area contributed by atoms with Crippen LogP contribution in [0.2, 0.25) is 0 Å². The fourth-order valence-electron chi connectivity index (χ4n) is 9.78. The van der Waals surface area contributed by atoms with Crippen LogP contribution in [0.3, 0.4) is 0 Å². The first-order valence-electron chi connectivity index (χ1n) is 39.1. The summed E-state index contributed by atoms with van der Waals surface area (Å²) in [5.74, 6) is -1.67. The molecular weight excluding hydrogens is 1340 g/mol. The molecule has 584 valence electrons. The van der Waals surface area contributed by atoms with Crippen molar-refractivity contribution >= 4 is 33.6 Å².